The Balaban J connectivity index is 2.05. The topological polar surface area (TPSA) is 53.0 Å². The van der Waals surface area contributed by atoms with Gasteiger partial charge >= 0.3 is 15.5 Å². The van der Waals surface area contributed by atoms with Gasteiger partial charge < -0.3 is 9.80 Å². The van der Waals surface area contributed by atoms with E-state index in [0.29, 0.717) is 24.0 Å². The van der Waals surface area contributed by atoms with E-state index in [-0.39, 0.29) is 5.71 Å². The van der Waals surface area contributed by atoms with Gasteiger partial charge in [0, 0.05) is 39.6 Å². The quantitative estimate of drug-likeness (QED) is 0.581. The van der Waals surface area contributed by atoms with Crippen LogP contribution in [-0.4, -0.2) is 47.8 Å². The van der Waals surface area contributed by atoms with Crippen LogP contribution in [0.4, 0.5) is 24.5 Å². The first-order valence-electron chi connectivity index (χ1n) is 10.3. The lowest BCUT2D eigenvalue weighted by molar-refractivity contribution is -0.0435. The van der Waals surface area contributed by atoms with E-state index in [4.69, 9.17) is 0 Å². The Bertz CT molecular complexity index is 1120. The molecule has 176 valence electrons. The first-order valence-corrected chi connectivity index (χ1v) is 11.7. The molecule has 0 amide bonds. The van der Waals surface area contributed by atoms with Crippen LogP contribution in [-0.2, 0) is 10.0 Å². The summed E-state index contributed by atoms with van der Waals surface area (Å²) in [6, 6.07) is 14.9. The van der Waals surface area contributed by atoms with Crippen LogP contribution in [0.1, 0.15) is 24.0 Å². The Hall–Kier alpha value is -3.07. The smallest absolute Gasteiger partial charge is 0.378 e. The van der Waals surface area contributed by atoms with E-state index in [1.54, 1.807) is 12.2 Å². The van der Waals surface area contributed by atoms with Crippen molar-refractivity contribution in [3.05, 3.63) is 70.8 Å². The van der Waals surface area contributed by atoms with E-state index in [9.17, 15) is 21.6 Å². The van der Waals surface area contributed by atoms with Crippen LogP contribution in [0.3, 0.4) is 0 Å². The van der Waals surface area contributed by atoms with Gasteiger partial charge in [-0.15, -0.1) is 0 Å². The lowest BCUT2D eigenvalue weighted by Gasteiger charge is -2.12. The third-order valence-corrected chi connectivity index (χ3v) is 6.28. The minimum atomic E-state index is -5.67. The van der Waals surface area contributed by atoms with Crippen molar-refractivity contribution in [1.82, 2.24) is 0 Å². The zero-order valence-electron chi connectivity index (χ0n) is 18.9. The lowest BCUT2D eigenvalue weighted by Crippen LogP contribution is -2.22. The Labute approximate surface area is 192 Å². The fourth-order valence-corrected chi connectivity index (χ4v) is 4.00. The van der Waals surface area contributed by atoms with E-state index in [2.05, 4.69) is 4.40 Å². The van der Waals surface area contributed by atoms with Crippen molar-refractivity contribution < 1.29 is 21.6 Å². The van der Waals surface area contributed by atoms with Crippen molar-refractivity contribution >= 4 is 39.3 Å². The zero-order chi connectivity index (χ0) is 24.4. The van der Waals surface area contributed by atoms with E-state index < -0.39 is 15.5 Å². The van der Waals surface area contributed by atoms with E-state index in [1.807, 2.05) is 86.5 Å². The predicted octanol–water partition coefficient (Wildman–Crippen LogP) is 5.37. The van der Waals surface area contributed by atoms with Crippen LogP contribution in [0.5, 0.6) is 0 Å². The molecule has 0 aliphatic heterocycles. The summed E-state index contributed by atoms with van der Waals surface area (Å²) in [6.07, 6.45) is 4.17. The molecular weight excluding hydrogens is 451 g/mol. The molecule has 1 aliphatic rings. The van der Waals surface area contributed by atoms with Gasteiger partial charge in [0.1, 0.15) is 0 Å². The number of hydrogen-bond acceptors (Lipinski definition) is 4. The molecule has 2 aromatic rings. The highest BCUT2D eigenvalue weighted by molar-refractivity contribution is 7.91. The standard InChI is InChI=1S/C24H26F3N3O2S/c1-29(2)21-11-5-17(6-12-21)15-19-9-10-20(23(19)28-33(31,32)24(25,26)27)16-18-7-13-22(14-8-18)30(3)4/h5-8,11-16H,9-10H2,1-4H3/b19-15+,20-16+. The Kier molecular flexibility index (Phi) is 7.02. The highest BCUT2D eigenvalue weighted by Crippen LogP contribution is 2.34. The van der Waals surface area contributed by atoms with Gasteiger partial charge in [-0.3, -0.25) is 0 Å². The van der Waals surface area contributed by atoms with Gasteiger partial charge in [0.2, 0.25) is 0 Å². The first-order chi connectivity index (χ1) is 15.4. The third kappa shape index (κ3) is 5.84. The van der Waals surface area contributed by atoms with Gasteiger partial charge in [0.25, 0.3) is 0 Å². The molecule has 1 aliphatic carbocycles. The normalized spacial score (nSPS) is 17.0. The molecule has 0 atom stereocenters. The first kappa shape index (κ1) is 24.6. The number of rotatable bonds is 5. The maximum atomic E-state index is 13.1. The Morgan fingerprint density at radius 2 is 1.12 bits per heavy atom. The molecular formula is C24H26F3N3O2S. The minimum absolute atomic E-state index is 0.138. The number of sulfonamides is 1. The summed E-state index contributed by atoms with van der Waals surface area (Å²) in [6.45, 7) is 0. The second kappa shape index (κ2) is 9.43. The van der Waals surface area contributed by atoms with Gasteiger partial charge in [-0.2, -0.15) is 26.0 Å². The molecule has 5 nitrogen and oxygen atoms in total. The highest BCUT2D eigenvalue weighted by atomic mass is 32.2. The van der Waals surface area contributed by atoms with Crippen molar-refractivity contribution in [3.63, 3.8) is 0 Å². The fourth-order valence-electron chi connectivity index (χ4n) is 3.42. The predicted molar refractivity (Wildman–Crippen MR) is 129 cm³/mol. The summed E-state index contributed by atoms with van der Waals surface area (Å²) < 4.78 is 66.2. The Morgan fingerprint density at radius 3 is 1.42 bits per heavy atom. The Morgan fingerprint density at radius 1 is 0.758 bits per heavy atom. The van der Waals surface area contributed by atoms with Crippen LogP contribution >= 0.6 is 0 Å². The molecule has 0 N–H and O–H groups in total. The van der Waals surface area contributed by atoms with Crippen LogP contribution in [0.25, 0.3) is 12.2 Å². The number of hydrogen-bond donors (Lipinski definition) is 0. The SMILES string of the molecule is CN(C)c1ccc(/C=C2\CC/C(=C\c3ccc(N(C)C)cc3)C2=NS(=O)(=O)C(F)(F)F)cc1. The number of anilines is 2. The van der Waals surface area contributed by atoms with Gasteiger partial charge in [0.15, 0.2) is 0 Å². The number of halogens is 3. The van der Waals surface area contributed by atoms with Gasteiger partial charge in [-0.05, 0) is 71.5 Å². The zero-order valence-corrected chi connectivity index (χ0v) is 19.7. The summed E-state index contributed by atoms with van der Waals surface area (Å²) in [4.78, 5) is 3.86. The van der Waals surface area contributed by atoms with Crippen LogP contribution < -0.4 is 9.80 Å². The average molecular weight is 478 g/mol. The molecule has 0 spiro atoms. The second-order valence-electron chi connectivity index (χ2n) is 8.17. The molecule has 0 bridgehead atoms. The second-order valence-corrected chi connectivity index (χ2v) is 9.77. The average Bonchev–Trinajstić information content (AvgIpc) is 3.08. The van der Waals surface area contributed by atoms with E-state index >= 15 is 0 Å². The number of allylic oxidation sites excluding steroid dienone is 2. The molecule has 33 heavy (non-hydrogen) atoms. The molecule has 0 unspecified atom stereocenters. The summed E-state index contributed by atoms with van der Waals surface area (Å²) in [7, 11) is 1.93. The third-order valence-electron chi connectivity index (χ3n) is 5.28. The lowest BCUT2D eigenvalue weighted by atomic mass is 10.1. The molecule has 0 aromatic heterocycles. The van der Waals surface area contributed by atoms with Crippen molar-refractivity contribution in [1.29, 1.82) is 0 Å². The van der Waals surface area contributed by atoms with Crippen molar-refractivity contribution in [3.8, 4) is 0 Å². The number of benzene rings is 2. The van der Waals surface area contributed by atoms with Crippen molar-refractivity contribution in [2.75, 3.05) is 38.0 Å². The summed E-state index contributed by atoms with van der Waals surface area (Å²) in [5.74, 6) is 0. The maximum Gasteiger partial charge on any atom is 0.518 e. The molecule has 2 aromatic carbocycles. The van der Waals surface area contributed by atoms with Crippen LogP contribution in [0.2, 0.25) is 0 Å². The molecule has 1 fully saturated rings. The minimum Gasteiger partial charge on any atom is -0.378 e. The molecule has 1 saturated carbocycles. The molecule has 9 heteroatoms. The highest BCUT2D eigenvalue weighted by Gasteiger charge is 2.46. The van der Waals surface area contributed by atoms with Gasteiger partial charge in [-0.25, -0.2) is 0 Å². The summed E-state index contributed by atoms with van der Waals surface area (Å²) in [5, 5.41) is 0. The molecule has 0 heterocycles. The van der Waals surface area contributed by atoms with Crippen molar-refractivity contribution in [2.24, 2.45) is 4.40 Å². The largest absolute Gasteiger partial charge is 0.518 e. The maximum absolute atomic E-state index is 13.1. The molecule has 0 saturated heterocycles. The van der Waals surface area contributed by atoms with Crippen LogP contribution in [0.15, 0.2) is 64.1 Å². The van der Waals surface area contributed by atoms with Crippen LogP contribution in [0, 0.1) is 0 Å². The monoisotopic (exact) mass is 477 g/mol. The molecule has 3 rings (SSSR count). The summed E-state index contributed by atoms with van der Waals surface area (Å²) >= 11 is 0. The number of nitrogens with zero attached hydrogens (tertiary/aromatic N) is 3. The number of alkyl halides is 3. The summed E-state index contributed by atoms with van der Waals surface area (Å²) in [5.41, 5.74) is -1.24. The fraction of sp³-hybridized carbons (Fsp3) is 0.292. The van der Waals surface area contributed by atoms with E-state index in [0.717, 1.165) is 22.5 Å². The van der Waals surface area contributed by atoms with E-state index in [1.165, 1.54) is 0 Å². The molecule has 0 radical (unpaired) electrons. The van der Waals surface area contributed by atoms with Gasteiger partial charge in [-0.1, -0.05) is 24.3 Å². The van der Waals surface area contributed by atoms with Gasteiger partial charge in [0.05, 0.1) is 5.71 Å². The van der Waals surface area contributed by atoms with Crippen molar-refractivity contribution in [2.45, 2.75) is 18.3 Å².